The zero-order valence-corrected chi connectivity index (χ0v) is 36.3. The van der Waals surface area contributed by atoms with Gasteiger partial charge in [-0.1, -0.05) is 86.3 Å². The van der Waals surface area contributed by atoms with Crippen LogP contribution in [0.1, 0.15) is 95.3 Å². The van der Waals surface area contributed by atoms with Gasteiger partial charge in [0.2, 0.25) is 23.6 Å². The number of allylic oxidation sites excluding steroid dienone is 1. The van der Waals surface area contributed by atoms with Gasteiger partial charge in [-0.25, -0.2) is 4.79 Å². The number of rotatable bonds is 19. The molecule has 0 bridgehead atoms. The summed E-state index contributed by atoms with van der Waals surface area (Å²) in [4.78, 5) is 107. The summed E-state index contributed by atoms with van der Waals surface area (Å²) in [6.45, 7) is 5.02. The van der Waals surface area contributed by atoms with Gasteiger partial charge in [0.15, 0.2) is 5.78 Å². The number of Topliss-reactive ketones (excluding diaryl/α,β-unsaturated/α-hetero) is 1. The van der Waals surface area contributed by atoms with Crippen LogP contribution in [0.15, 0.2) is 83.2 Å². The number of hydrogen-bond acceptors (Lipinski definition) is 11. The highest BCUT2D eigenvalue weighted by atomic mass is 32.2. The molecule has 0 saturated carbocycles. The molecule has 0 radical (unpaired) electrons. The van der Waals surface area contributed by atoms with Crippen molar-refractivity contribution in [2.75, 3.05) is 18.6 Å². The van der Waals surface area contributed by atoms with Crippen molar-refractivity contribution in [2.24, 2.45) is 0 Å². The number of nitrogens with one attached hydrogen (secondary N) is 4. The Morgan fingerprint density at radius 2 is 1.03 bits per heavy atom. The van der Waals surface area contributed by atoms with Crippen LogP contribution in [0, 0.1) is 0 Å². The zero-order chi connectivity index (χ0) is 43.8. The fourth-order valence-electron chi connectivity index (χ4n) is 7.93. The molecular weight excluding hydrogens is 821 g/mol. The number of amides is 6. The molecule has 0 aliphatic carbocycles. The highest BCUT2D eigenvalue weighted by Crippen LogP contribution is 2.42. The molecule has 2 aromatic rings. The molecule has 2 aromatic carbocycles. The molecule has 6 amide bonds. The van der Waals surface area contributed by atoms with E-state index in [2.05, 4.69) is 21.3 Å². The summed E-state index contributed by atoms with van der Waals surface area (Å²) in [7, 11) is 1.26. The minimum absolute atomic E-state index is 0.192. The quantitative estimate of drug-likeness (QED) is 0.0906. The highest BCUT2D eigenvalue weighted by molar-refractivity contribution is 8.00. The van der Waals surface area contributed by atoms with Gasteiger partial charge in [0.1, 0.15) is 40.6 Å². The molecule has 4 N–H and O–H groups in total. The number of carbonyl (C=O) groups is 8. The van der Waals surface area contributed by atoms with Crippen LogP contribution in [-0.4, -0.2) is 98.4 Å². The van der Waals surface area contributed by atoms with Gasteiger partial charge in [0.05, 0.1) is 12.8 Å². The van der Waals surface area contributed by atoms with E-state index in [4.69, 9.17) is 4.74 Å². The normalized spacial score (nSPS) is 21.5. The van der Waals surface area contributed by atoms with E-state index in [1.165, 1.54) is 47.4 Å². The third-order valence-corrected chi connectivity index (χ3v) is 13.9. The van der Waals surface area contributed by atoms with E-state index in [0.29, 0.717) is 41.2 Å². The Kier molecular flexibility index (Phi) is 15.1. The molecule has 17 heteroatoms. The Labute approximate surface area is 363 Å². The van der Waals surface area contributed by atoms with Crippen molar-refractivity contribution in [3.8, 4) is 0 Å². The molecule has 0 spiro atoms. The lowest BCUT2D eigenvalue weighted by molar-refractivity contribution is -0.152. The highest BCUT2D eigenvalue weighted by Gasteiger charge is 2.55. The monoisotopic (exact) mass is 872 g/mol. The van der Waals surface area contributed by atoms with Crippen molar-refractivity contribution >= 4 is 70.7 Å². The van der Waals surface area contributed by atoms with E-state index in [1.807, 2.05) is 13.0 Å². The SMILES string of the molecule is COC(=O)C1=C(C)CSC2[C@H](NC(=O)[C@@H](NC(=O)CCCCCCCCC(=O)N[C@@H](C(=O)N[C@H]3C(=O)N4C(C(C)=O)=C(C)CSC34)c3ccccc3)c3ccccc3)C(=O)N12. The third kappa shape index (κ3) is 10.2. The van der Waals surface area contributed by atoms with Crippen molar-refractivity contribution in [2.45, 2.75) is 107 Å². The average Bonchev–Trinajstić information content (AvgIpc) is 3.26. The third-order valence-electron chi connectivity index (χ3n) is 11.1. The number of ether oxygens (including phenoxy) is 1. The van der Waals surface area contributed by atoms with E-state index in [1.54, 1.807) is 61.5 Å². The van der Waals surface area contributed by atoms with Gasteiger partial charge in [0.25, 0.3) is 11.8 Å². The summed E-state index contributed by atoms with van der Waals surface area (Å²) in [6.07, 6.45) is 4.78. The Hall–Kier alpha value is -5.42. The molecule has 4 heterocycles. The van der Waals surface area contributed by atoms with Crippen LogP contribution >= 0.6 is 23.5 Å². The molecule has 6 atom stereocenters. The number of esters is 1. The van der Waals surface area contributed by atoms with E-state index < -0.39 is 53.2 Å². The lowest BCUT2D eigenvalue weighted by Gasteiger charge is -2.50. The van der Waals surface area contributed by atoms with Gasteiger partial charge in [-0.05, 0) is 49.0 Å². The minimum Gasteiger partial charge on any atom is -0.464 e. The maximum absolute atomic E-state index is 13.6. The number of thioether (sulfide) groups is 2. The van der Waals surface area contributed by atoms with E-state index in [-0.39, 0.29) is 47.4 Å². The van der Waals surface area contributed by atoms with Crippen LogP contribution in [-0.2, 0) is 43.1 Å². The van der Waals surface area contributed by atoms with Crippen molar-refractivity contribution in [1.82, 2.24) is 31.1 Å². The number of fused-ring (bicyclic) bond motifs is 2. The first-order valence-electron chi connectivity index (χ1n) is 20.5. The number of nitrogens with zero attached hydrogens (tertiary/aromatic N) is 2. The molecule has 6 rings (SSSR count). The molecule has 0 aromatic heterocycles. The Balaban J connectivity index is 0.914. The second-order valence-electron chi connectivity index (χ2n) is 15.5. The minimum atomic E-state index is -1.02. The van der Waals surface area contributed by atoms with Crippen LogP contribution < -0.4 is 21.3 Å². The second-order valence-corrected chi connectivity index (χ2v) is 17.8. The van der Waals surface area contributed by atoms with E-state index in [0.717, 1.165) is 36.8 Å². The van der Waals surface area contributed by atoms with Gasteiger partial charge in [-0.2, -0.15) is 0 Å². The molecule has 4 aliphatic rings. The molecule has 2 saturated heterocycles. The van der Waals surface area contributed by atoms with Gasteiger partial charge in [-0.3, -0.25) is 43.4 Å². The average molecular weight is 873 g/mol. The molecule has 2 fully saturated rings. The van der Waals surface area contributed by atoms with Crippen LogP contribution in [0.5, 0.6) is 0 Å². The number of β-lactam (4-membered cyclic amide) rings is 2. The van der Waals surface area contributed by atoms with E-state index in [9.17, 15) is 38.4 Å². The molecule has 4 aliphatic heterocycles. The van der Waals surface area contributed by atoms with Crippen molar-refractivity contribution in [1.29, 1.82) is 0 Å². The van der Waals surface area contributed by atoms with Gasteiger partial charge in [-0.15, -0.1) is 23.5 Å². The predicted molar refractivity (Wildman–Crippen MR) is 230 cm³/mol. The van der Waals surface area contributed by atoms with Crippen molar-refractivity contribution < 1.29 is 43.1 Å². The number of carbonyl (C=O) groups excluding carboxylic acids is 8. The van der Waals surface area contributed by atoms with Crippen LogP contribution in [0.25, 0.3) is 0 Å². The Morgan fingerprint density at radius 1 is 0.639 bits per heavy atom. The van der Waals surface area contributed by atoms with Crippen LogP contribution in [0.2, 0.25) is 0 Å². The Bertz CT molecular complexity index is 2110. The van der Waals surface area contributed by atoms with Crippen molar-refractivity contribution in [3.05, 3.63) is 94.3 Å². The summed E-state index contributed by atoms with van der Waals surface area (Å²) in [5, 5.41) is 10.5. The first kappa shape index (κ1) is 45.1. The topological polar surface area (TPSA) is 200 Å². The molecule has 15 nitrogen and oxygen atoms in total. The predicted octanol–water partition coefficient (Wildman–Crippen LogP) is 3.93. The summed E-state index contributed by atoms with van der Waals surface area (Å²) in [6, 6.07) is 14.0. The second kappa shape index (κ2) is 20.4. The Morgan fingerprint density at radius 3 is 1.44 bits per heavy atom. The fraction of sp³-hybridized carbons (Fsp3) is 0.455. The van der Waals surface area contributed by atoms with Crippen LogP contribution in [0.3, 0.4) is 0 Å². The lowest BCUT2D eigenvalue weighted by atomic mass is 10.00. The summed E-state index contributed by atoms with van der Waals surface area (Å²) < 4.78 is 4.88. The smallest absolute Gasteiger partial charge is 0.354 e. The molecule has 2 unspecified atom stereocenters. The summed E-state index contributed by atoms with van der Waals surface area (Å²) in [5.74, 6) is -2.10. The number of methoxy groups -OCH3 is 1. The lowest BCUT2D eigenvalue weighted by Crippen LogP contribution is -2.71. The van der Waals surface area contributed by atoms with Crippen LogP contribution in [0.4, 0.5) is 0 Å². The van der Waals surface area contributed by atoms with Gasteiger partial charge in [0, 0.05) is 31.3 Å². The van der Waals surface area contributed by atoms with E-state index >= 15 is 0 Å². The zero-order valence-electron chi connectivity index (χ0n) is 34.7. The maximum Gasteiger partial charge on any atom is 0.354 e. The number of unbranched alkanes of at least 4 members (excludes halogenated alkanes) is 5. The molecular formula is C44H52N6O9S2. The fourth-order valence-corrected chi connectivity index (χ4v) is 10.5. The van der Waals surface area contributed by atoms with Gasteiger partial charge < -0.3 is 26.0 Å². The molecule has 61 heavy (non-hydrogen) atoms. The van der Waals surface area contributed by atoms with Crippen molar-refractivity contribution in [3.63, 3.8) is 0 Å². The first-order chi connectivity index (χ1) is 29.3. The number of ketones is 1. The van der Waals surface area contributed by atoms with Gasteiger partial charge >= 0.3 is 5.97 Å². The summed E-state index contributed by atoms with van der Waals surface area (Å²) >= 11 is 2.93. The standard InChI is InChI=1S/C44H52N6O9S2/c1-25-23-60-42-34(40(56)49(42)36(25)27(3)51)47-38(54)32(28-17-11-9-12-18-28)45-30(52)21-15-7-5-6-8-16-22-31(53)46-33(29-19-13-10-14-20-29)39(55)48-35-41(57)50-37(44(58)59-4)26(2)24-61-43(35)50/h9-14,17-20,32-35,42-43H,5-8,15-16,21-24H2,1-4H3,(H,45,52)(H,46,53)(H,47,54)(H,48,55)/t32-,33+,34+,35-,42?,43?/m1/s1. The first-order valence-corrected chi connectivity index (χ1v) is 22.6. The maximum atomic E-state index is 13.6. The largest absolute Gasteiger partial charge is 0.464 e. The summed E-state index contributed by atoms with van der Waals surface area (Å²) in [5.41, 5.74) is 3.29. The number of hydrogen-bond donors (Lipinski definition) is 4. The number of benzene rings is 2. The molecule has 324 valence electrons.